The van der Waals surface area contributed by atoms with E-state index < -0.39 is 0 Å². The number of aromatic nitrogens is 3. The molecule has 6 nitrogen and oxygen atoms in total. The van der Waals surface area contributed by atoms with Crippen molar-refractivity contribution in [3.63, 3.8) is 0 Å². The van der Waals surface area contributed by atoms with E-state index in [0.717, 1.165) is 22.2 Å². The quantitative estimate of drug-likeness (QED) is 0.514. The van der Waals surface area contributed by atoms with Crippen LogP contribution in [-0.2, 0) is 0 Å². The Kier molecular flexibility index (Phi) is 4.87. The molecule has 0 spiro atoms. The highest BCUT2D eigenvalue weighted by Crippen LogP contribution is 2.25. The maximum Gasteiger partial charge on any atom is 0.274 e. The number of para-hydroxylation sites is 1. The molecule has 0 aliphatic rings. The van der Waals surface area contributed by atoms with Crippen molar-refractivity contribution in [1.82, 2.24) is 15.0 Å². The Bertz CT molecular complexity index is 1170. The minimum absolute atomic E-state index is 0.241. The lowest BCUT2D eigenvalue weighted by Crippen LogP contribution is -2.15. The number of anilines is 3. The third-order valence-electron chi connectivity index (χ3n) is 4.28. The lowest BCUT2D eigenvalue weighted by Gasteiger charge is -2.11. The summed E-state index contributed by atoms with van der Waals surface area (Å²) in [4.78, 5) is 25.6. The fraction of sp³-hybridized carbons (Fsp3) is 0.0476. The lowest BCUT2D eigenvalue weighted by molar-refractivity contribution is 0.102. The predicted octanol–water partition coefficient (Wildman–Crippen LogP) is 4.98. The maximum atomic E-state index is 12.7. The van der Waals surface area contributed by atoms with Gasteiger partial charge in [0.05, 0.1) is 11.2 Å². The van der Waals surface area contributed by atoms with Crippen molar-refractivity contribution in [3.05, 3.63) is 83.3 Å². The second-order valence-corrected chi connectivity index (χ2v) is 6.54. The molecule has 0 aliphatic carbocycles. The number of carbonyl (C=O) groups is 1. The van der Waals surface area contributed by atoms with Crippen LogP contribution in [0.5, 0.6) is 0 Å². The normalized spacial score (nSPS) is 10.6. The highest BCUT2D eigenvalue weighted by Gasteiger charge is 2.12. The molecular formula is C21H16ClN5O. The first-order chi connectivity index (χ1) is 13.6. The first-order valence-electron chi connectivity index (χ1n) is 8.62. The zero-order valence-electron chi connectivity index (χ0n) is 15.0. The summed E-state index contributed by atoms with van der Waals surface area (Å²) in [6.45, 7) is 1.90. The van der Waals surface area contributed by atoms with Crippen LogP contribution in [0, 0.1) is 6.92 Å². The van der Waals surface area contributed by atoms with E-state index in [-0.39, 0.29) is 11.6 Å². The summed E-state index contributed by atoms with van der Waals surface area (Å²) in [6.07, 6.45) is 3.23. The second kappa shape index (κ2) is 7.62. The van der Waals surface area contributed by atoms with E-state index in [1.165, 1.54) is 6.20 Å². The van der Waals surface area contributed by atoms with Gasteiger partial charge in [-0.05, 0) is 42.8 Å². The van der Waals surface area contributed by atoms with Gasteiger partial charge in [-0.2, -0.15) is 0 Å². The molecule has 0 aliphatic heterocycles. The number of carbonyl (C=O) groups excluding carboxylic acids is 1. The van der Waals surface area contributed by atoms with Crippen LogP contribution in [0.15, 0.2) is 67.0 Å². The van der Waals surface area contributed by atoms with E-state index in [0.29, 0.717) is 16.7 Å². The maximum absolute atomic E-state index is 12.7. The Morgan fingerprint density at radius 1 is 0.929 bits per heavy atom. The minimum Gasteiger partial charge on any atom is -0.324 e. The molecule has 0 saturated carbocycles. The molecular weight excluding hydrogens is 374 g/mol. The Morgan fingerprint density at radius 3 is 2.61 bits per heavy atom. The van der Waals surface area contributed by atoms with Crippen molar-refractivity contribution in [2.45, 2.75) is 6.92 Å². The van der Waals surface area contributed by atoms with Gasteiger partial charge in [0, 0.05) is 28.5 Å². The summed E-state index contributed by atoms with van der Waals surface area (Å²) in [6, 6.07) is 16.5. The largest absolute Gasteiger partial charge is 0.324 e. The minimum atomic E-state index is -0.341. The molecule has 2 heterocycles. The predicted molar refractivity (Wildman–Crippen MR) is 111 cm³/mol. The van der Waals surface area contributed by atoms with Gasteiger partial charge in [-0.1, -0.05) is 35.9 Å². The summed E-state index contributed by atoms with van der Waals surface area (Å²) < 4.78 is 0. The molecule has 2 aromatic carbocycles. The van der Waals surface area contributed by atoms with Crippen LogP contribution in [0.2, 0.25) is 5.02 Å². The fourth-order valence-corrected chi connectivity index (χ4v) is 2.97. The summed E-state index contributed by atoms with van der Waals surface area (Å²) in [7, 11) is 0. The van der Waals surface area contributed by atoms with Crippen LogP contribution in [0.4, 0.5) is 17.3 Å². The van der Waals surface area contributed by atoms with Crippen molar-refractivity contribution in [2.75, 3.05) is 10.6 Å². The van der Waals surface area contributed by atoms with Gasteiger partial charge in [-0.3, -0.25) is 9.78 Å². The van der Waals surface area contributed by atoms with Crippen LogP contribution in [0.25, 0.3) is 10.9 Å². The summed E-state index contributed by atoms with van der Waals surface area (Å²) in [5.74, 6) is -0.0273. The van der Waals surface area contributed by atoms with E-state index in [2.05, 4.69) is 25.6 Å². The number of benzene rings is 2. The van der Waals surface area contributed by atoms with Gasteiger partial charge >= 0.3 is 0 Å². The summed E-state index contributed by atoms with van der Waals surface area (Å²) >= 11 is 6.15. The Balaban J connectivity index is 1.58. The second-order valence-electron chi connectivity index (χ2n) is 6.14. The number of hydrogen-bond donors (Lipinski definition) is 2. The Morgan fingerprint density at radius 2 is 1.71 bits per heavy atom. The van der Waals surface area contributed by atoms with E-state index in [1.54, 1.807) is 12.3 Å². The SMILES string of the molecule is Cc1c(Cl)cccc1Nc1nccc(C(=O)Nc2cccc3cccnc23)n1. The van der Waals surface area contributed by atoms with Crippen molar-refractivity contribution in [3.8, 4) is 0 Å². The molecule has 4 rings (SSSR count). The number of halogens is 1. The van der Waals surface area contributed by atoms with E-state index in [9.17, 15) is 4.79 Å². The van der Waals surface area contributed by atoms with Crippen molar-refractivity contribution in [1.29, 1.82) is 0 Å². The van der Waals surface area contributed by atoms with Crippen LogP contribution < -0.4 is 10.6 Å². The molecule has 4 aromatic rings. The zero-order valence-corrected chi connectivity index (χ0v) is 15.7. The molecule has 138 valence electrons. The number of nitrogens with zero attached hydrogens (tertiary/aromatic N) is 3. The smallest absolute Gasteiger partial charge is 0.274 e. The number of pyridine rings is 1. The molecule has 0 radical (unpaired) electrons. The van der Waals surface area contributed by atoms with Gasteiger partial charge < -0.3 is 10.6 Å². The molecule has 28 heavy (non-hydrogen) atoms. The van der Waals surface area contributed by atoms with E-state index >= 15 is 0 Å². The summed E-state index contributed by atoms with van der Waals surface area (Å²) in [5, 5.41) is 7.56. The third-order valence-corrected chi connectivity index (χ3v) is 4.69. The van der Waals surface area contributed by atoms with Crippen molar-refractivity contribution >= 4 is 45.7 Å². The lowest BCUT2D eigenvalue weighted by atomic mass is 10.2. The van der Waals surface area contributed by atoms with E-state index in [4.69, 9.17) is 11.6 Å². The number of fused-ring (bicyclic) bond motifs is 1. The molecule has 2 aromatic heterocycles. The number of hydrogen-bond acceptors (Lipinski definition) is 5. The van der Waals surface area contributed by atoms with Crippen LogP contribution >= 0.6 is 11.6 Å². The standard InChI is InChI=1S/C21H16ClN5O/c1-13-15(22)7-3-8-16(13)26-21-24-12-10-18(27-21)20(28)25-17-9-2-5-14-6-4-11-23-19(14)17/h2-12H,1H3,(H,25,28)(H,24,26,27). The molecule has 0 saturated heterocycles. The van der Waals surface area contributed by atoms with Crippen molar-refractivity contribution in [2.24, 2.45) is 0 Å². The first kappa shape index (κ1) is 17.9. The van der Waals surface area contributed by atoms with Gasteiger partial charge in [0.2, 0.25) is 5.95 Å². The highest BCUT2D eigenvalue weighted by atomic mass is 35.5. The summed E-state index contributed by atoms with van der Waals surface area (Å²) in [5.41, 5.74) is 3.25. The molecule has 0 atom stereocenters. The number of nitrogens with one attached hydrogen (secondary N) is 2. The van der Waals surface area contributed by atoms with Crippen LogP contribution in [-0.4, -0.2) is 20.9 Å². The number of rotatable bonds is 4. The molecule has 1 amide bonds. The van der Waals surface area contributed by atoms with Crippen LogP contribution in [0.1, 0.15) is 16.1 Å². The van der Waals surface area contributed by atoms with Gasteiger partial charge in [-0.15, -0.1) is 0 Å². The molecule has 0 fully saturated rings. The van der Waals surface area contributed by atoms with Crippen LogP contribution in [0.3, 0.4) is 0 Å². The zero-order chi connectivity index (χ0) is 19.5. The average molecular weight is 390 g/mol. The van der Waals surface area contributed by atoms with Gasteiger partial charge in [0.25, 0.3) is 5.91 Å². The third kappa shape index (κ3) is 3.63. The Labute approximate surface area is 166 Å². The topological polar surface area (TPSA) is 79.8 Å². The highest BCUT2D eigenvalue weighted by molar-refractivity contribution is 6.31. The first-order valence-corrected chi connectivity index (χ1v) is 9.00. The average Bonchev–Trinajstić information content (AvgIpc) is 2.72. The van der Waals surface area contributed by atoms with Gasteiger partial charge in [-0.25, -0.2) is 9.97 Å². The van der Waals surface area contributed by atoms with Gasteiger partial charge in [0.1, 0.15) is 5.69 Å². The molecule has 2 N–H and O–H groups in total. The van der Waals surface area contributed by atoms with Crippen molar-refractivity contribution < 1.29 is 4.79 Å². The molecule has 0 bridgehead atoms. The Hall–Kier alpha value is -3.51. The van der Waals surface area contributed by atoms with Gasteiger partial charge in [0.15, 0.2) is 0 Å². The number of amides is 1. The fourth-order valence-electron chi connectivity index (χ4n) is 2.80. The van der Waals surface area contributed by atoms with E-state index in [1.807, 2.05) is 55.5 Å². The monoisotopic (exact) mass is 389 g/mol. The molecule has 7 heteroatoms. The molecule has 0 unspecified atom stereocenters.